The van der Waals surface area contributed by atoms with Crippen LogP contribution in [0.15, 0.2) is 72.8 Å². The summed E-state index contributed by atoms with van der Waals surface area (Å²) in [6, 6.07) is 23.1. The van der Waals surface area contributed by atoms with Crippen molar-refractivity contribution in [2.45, 2.75) is 26.2 Å². The van der Waals surface area contributed by atoms with Crippen LogP contribution in [0.5, 0.6) is 11.5 Å². The quantitative estimate of drug-likeness (QED) is 0.461. The number of nitrogens with one attached hydrogen (secondary N) is 2. The number of methoxy groups -OCH3 is 1. The van der Waals surface area contributed by atoms with E-state index in [2.05, 4.69) is 30.5 Å². The first-order valence-electron chi connectivity index (χ1n) is 10.1. The Morgan fingerprint density at radius 2 is 1.50 bits per heavy atom. The standard InChI is InChI=1S/C25H28N2O3/c1-4-18(2)23-7-5-6-8-24(23)30-17-25(28)27-21-11-9-19(10-12-21)26-20-13-15-22(29-3)16-14-20/h5-16,18,26H,4,17H2,1-3H3,(H,27,28). The molecule has 0 saturated carbocycles. The normalized spacial score (nSPS) is 11.4. The van der Waals surface area contributed by atoms with Crippen LogP contribution in [0.4, 0.5) is 17.1 Å². The second kappa shape index (κ2) is 10.3. The van der Waals surface area contributed by atoms with Crippen LogP contribution in [-0.2, 0) is 4.79 Å². The summed E-state index contributed by atoms with van der Waals surface area (Å²) in [7, 11) is 1.64. The van der Waals surface area contributed by atoms with Crippen LogP contribution < -0.4 is 20.1 Å². The maximum absolute atomic E-state index is 12.3. The molecule has 1 atom stereocenters. The maximum Gasteiger partial charge on any atom is 0.262 e. The lowest BCUT2D eigenvalue weighted by Gasteiger charge is -2.15. The minimum atomic E-state index is -0.190. The molecule has 0 saturated heterocycles. The summed E-state index contributed by atoms with van der Waals surface area (Å²) in [5.41, 5.74) is 3.73. The van der Waals surface area contributed by atoms with Crippen molar-refractivity contribution in [3.8, 4) is 11.5 Å². The number of anilines is 3. The molecule has 156 valence electrons. The lowest BCUT2D eigenvalue weighted by molar-refractivity contribution is -0.118. The number of hydrogen-bond acceptors (Lipinski definition) is 4. The van der Waals surface area contributed by atoms with Gasteiger partial charge in [-0.3, -0.25) is 4.79 Å². The Hall–Kier alpha value is -3.47. The Bertz CT molecular complexity index is 953. The second-order valence-electron chi connectivity index (χ2n) is 7.11. The van der Waals surface area contributed by atoms with E-state index in [1.807, 2.05) is 66.7 Å². The molecule has 0 aliphatic heterocycles. The molecule has 5 nitrogen and oxygen atoms in total. The van der Waals surface area contributed by atoms with Crippen LogP contribution in [0.3, 0.4) is 0 Å². The van der Waals surface area contributed by atoms with Crippen LogP contribution in [0, 0.1) is 0 Å². The zero-order valence-corrected chi connectivity index (χ0v) is 17.6. The summed E-state index contributed by atoms with van der Waals surface area (Å²) in [5, 5.41) is 6.18. The van der Waals surface area contributed by atoms with E-state index in [1.165, 1.54) is 0 Å². The lowest BCUT2D eigenvalue weighted by Crippen LogP contribution is -2.20. The molecular formula is C25H28N2O3. The predicted molar refractivity (Wildman–Crippen MR) is 122 cm³/mol. The number of rotatable bonds is 9. The summed E-state index contributed by atoms with van der Waals surface area (Å²) in [4.78, 5) is 12.3. The Balaban J connectivity index is 1.53. The maximum atomic E-state index is 12.3. The molecular weight excluding hydrogens is 376 g/mol. The SMILES string of the molecule is CCC(C)c1ccccc1OCC(=O)Nc1ccc(Nc2ccc(OC)cc2)cc1. The molecule has 0 bridgehead atoms. The average Bonchev–Trinajstić information content (AvgIpc) is 2.79. The van der Waals surface area contributed by atoms with Gasteiger partial charge >= 0.3 is 0 Å². The van der Waals surface area contributed by atoms with Gasteiger partial charge in [0.15, 0.2) is 6.61 Å². The fourth-order valence-corrected chi connectivity index (χ4v) is 3.06. The molecule has 0 spiro atoms. The van der Waals surface area contributed by atoms with E-state index in [9.17, 15) is 4.79 Å². The van der Waals surface area contributed by atoms with E-state index < -0.39 is 0 Å². The first kappa shape index (κ1) is 21.2. The third-order valence-corrected chi connectivity index (χ3v) is 4.97. The van der Waals surface area contributed by atoms with Gasteiger partial charge in [0.1, 0.15) is 11.5 Å². The summed E-state index contributed by atoms with van der Waals surface area (Å²) in [6.07, 6.45) is 1.02. The van der Waals surface area contributed by atoms with Crippen LogP contribution in [0.1, 0.15) is 31.7 Å². The molecule has 0 aromatic heterocycles. The molecule has 0 fully saturated rings. The van der Waals surface area contributed by atoms with Crippen molar-refractivity contribution in [1.29, 1.82) is 0 Å². The van der Waals surface area contributed by atoms with Gasteiger partial charge in [-0.2, -0.15) is 0 Å². The van der Waals surface area contributed by atoms with Crippen molar-refractivity contribution in [2.24, 2.45) is 0 Å². The summed E-state index contributed by atoms with van der Waals surface area (Å²) < 4.78 is 10.9. The van der Waals surface area contributed by atoms with Crippen LogP contribution in [0.2, 0.25) is 0 Å². The highest BCUT2D eigenvalue weighted by molar-refractivity contribution is 5.92. The third kappa shape index (κ3) is 5.77. The van der Waals surface area contributed by atoms with Crippen molar-refractivity contribution in [3.63, 3.8) is 0 Å². The number of carbonyl (C=O) groups excluding carboxylic acids is 1. The molecule has 1 amide bonds. The molecule has 0 heterocycles. The van der Waals surface area contributed by atoms with Crippen molar-refractivity contribution in [1.82, 2.24) is 0 Å². The molecule has 0 aliphatic rings. The van der Waals surface area contributed by atoms with Gasteiger partial charge in [0.05, 0.1) is 7.11 Å². The molecule has 3 aromatic carbocycles. The van der Waals surface area contributed by atoms with Crippen LogP contribution in [-0.4, -0.2) is 19.6 Å². The van der Waals surface area contributed by atoms with E-state index in [4.69, 9.17) is 9.47 Å². The van der Waals surface area contributed by atoms with Gasteiger partial charge < -0.3 is 20.1 Å². The number of hydrogen-bond donors (Lipinski definition) is 2. The fraction of sp³-hybridized carbons (Fsp3) is 0.240. The van der Waals surface area contributed by atoms with Gasteiger partial charge in [-0.1, -0.05) is 32.0 Å². The Morgan fingerprint density at radius 1 is 0.900 bits per heavy atom. The molecule has 2 N–H and O–H groups in total. The Labute approximate surface area is 178 Å². The molecule has 3 aromatic rings. The molecule has 0 radical (unpaired) electrons. The highest BCUT2D eigenvalue weighted by Crippen LogP contribution is 2.28. The largest absolute Gasteiger partial charge is 0.497 e. The number of carbonyl (C=O) groups is 1. The van der Waals surface area contributed by atoms with Gasteiger partial charge in [0.25, 0.3) is 5.91 Å². The van der Waals surface area contributed by atoms with E-state index in [1.54, 1.807) is 7.11 Å². The smallest absolute Gasteiger partial charge is 0.262 e. The number of ether oxygens (including phenoxy) is 2. The highest BCUT2D eigenvalue weighted by atomic mass is 16.5. The Morgan fingerprint density at radius 3 is 2.13 bits per heavy atom. The summed E-state index contributed by atoms with van der Waals surface area (Å²) in [5.74, 6) is 1.77. The van der Waals surface area contributed by atoms with E-state index in [0.717, 1.165) is 40.5 Å². The molecule has 30 heavy (non-hydrogen) atoms. The van der Waals surface area contributed by atoms with E-state index in [-0.39, 0.29) is 12.5 Å². The zero-order chi connectivity index (χ0) is 21.3. The Kier molecular flexibility index (Phi) is 7.33. The second-order valence-corrected chi connectivity index (χ2v) is 7.11. The van der Waals surface area contributed by atoms with Gasteiger partial charge in [0.2, 0.25) is 0 Å². The first-order chi connectivity index (χ1) is 14.6. The van der Waals surface area contributed by atoms with Gasteiger partial charge in [0, 0.05) is 17.1 Å². The summed E-state index contributed by atoms with van der Waals surface area (Å²) >= 11 is 0. The molecule has 0 aliphatic carbocycles. The monoisotopic (exact) mass is 404 g/mol. The topological polar surface area (TPSA) is 59.6 Å². The van der Waals surface area contributed by atoms with Gasteiger partial charge in [-0.05, 0) is 72.5 Å². The van der Waals surface area contributed by atoms with E-state index in [0.29, 0.717) is 5.92 Å². The van der Waals surface area contributed by atoms with Crippen molar-refractivity contribution in [2.75, 3.05) is 24.4 Å². The minimum Gasteiger partial charge on any atom is -0.497 e. The summed E-state index contributed by atoms with van der Waals surface area (Å²) in [6.45, 7) is 4.27. The molecule has 3 rings (SSSR count). The number of benzene rings is 3. The van der Waals surface area contributed by atoms with Gasteiger partial charge in [-0.15, -0.1) is 0 Å². The van der Waals surface area contributed by atoms with Gasteiger partial charge in [-0.25, -0.2) is 0 Å². The average molecular weight is 405 g/mol. The first-order valence-corrected chi connectivity index (χ1v) is 10.1. The number of amides is 1. The van der Waals surface area contributed by atoms with Crippen molar-refractivity contribution in [3.05, 3.63) is 78.4 Å². The van der Waals surface area contributed by atoms with Crippen LogP contribution in [0.25, 0.3) is 0 Å². The lowest BCUT2D eigenvalue weighted by atomic mass is 9.98. The fourth-order valence-electron chi connectivity index (χ4n) is 3.06. The minimum absolute atomic E-state index is 0.0285. The van der Waals surface area contributed by atoms with Crippen molar-refractivity contribution < 1.29 is 14.3 Å². The van der Waals surface area contributed by atoms with E-state index >= 15 is 0 Å². The van der Waals surface area contributed by atoms with Crippen molar-refractivity contribution >= 4 is 23.0 Å². The highest BCUT2D eigenvalue weighted by Gasteiger charge is 2.11. The van der Waals surface area contributed by atoms with Crippen LogP contribution >= 0.6 is 0 Å². The number of para-hydroxylation sites is 1. The predicted octanol–water partition coefficient (Wildman–Crippen LogP) is 5.97. The zero-order valence-electron chi connectivity index (χ0n) is 17.6. The third-order valence-electron chi connectivity index (χ3n) is 4.97. The molecule has 1 unspecified atom stereocenters. The molecule has 5 heteroatoms.